The second-order valence-electron chi connectivity index (χ2n) is 5.39. The van der Waals surface area contributed by atoms with Gasteiger partial charge >= 0.3 is 0 Å². The highest BCUT2D eigenvalue weighted by Crippen LogP contribution is 2.15. The first kappa shape index (κ1) is 20.0. The van der Waals surface area contributed by atoms with E-state index >= 15 is 0 Å². The molecule has 0 radical (unpaired) electrons. The van der Waals surface area contributed by atoms with Gasteiger partial charge in [0.2, 0.25) is 0 Å². The van der Waals surface area contributed by atoms with Crippen LogP contribution < -0.4 is 4.90 Å². The normalized spacial score (nSPS) is 9.62. The largest absolute Gasteiger partial charge is 0.370 e. The van der Waals surface area contributed by atoms with Gasteiger partial charge in [-0.05, 0) is 31.5 Å². The van der Waals surface area contributed by atoms with Crippen LogP contribution in [0.25, 0.3) is 0 Å². The van der Waals surface area contributed by atoms with Crippen LogP contribution in [0.5, 0.6) is 0 Å². The number of hydrogen-bond donors (Lipinski definition) is 0. The van der Waals surface area contributed by atoms with Crippen LogP contribution in [0.3, 0.4) is 0 Å². The number of benzene rings is 1. The monoisotopic (exact) mass is 404 g/mol. The first-order valence-corrected chi connectivity index (χ1v) is 7.16. The molecule has 0 N–H and O–H groups in total. The number of rotatable bonds is 5. The average molecular weight is 404 g/mol. The van der Waals surface area contributed by atoms with Crippen LogP contribution in [0.4, 0.5) is 5.69 Å². The Labute approximate surface area is 146 Å². The highest BCUT2D eigenvalue weighted by molar-refractivity contribution is 14.0. The predicted molar refractivity (Wildman–Crippen MR) is 104 cm³/mol. The topological polar surface area (TPSA) is 22.1 Å². The summed E-state index contributed by atoms with van der Waals surface area (Å²) in [4.78, 5) is 11.1. The van der Waals surface area contributed by atoms with Crippen molar-refractivity contribution in [3.8, 4) is 0 Å². The maximum absolute atomic E-state index is 4.69. The van der Waals surface area contributed by atoms with E-state index in [-0.39, 0.29) is 24.0 Å². The first-order chi connectivity index (χ1) is 9.45. The van der Waals surface area contributed by atoms with Crippen LogP contribution in [0.15, 0.2) is 29.3 Å². The first-order valence-electron chi connectivity index (χ1n) is 7.16. The van der Waals surface area contributed by atoms with E-state index < -0.39 is 0 Å². The fourth-order valence-electron chi connectivity index (χ4n) is 2.25. The lowest BCUT2D eigenvalue weighted by Crippen LogP contribution is -2.36. The standard InChI is InChI=1S/C16H28N4.HI/c1-7-20(15-10-8-9-14(2)13-15)12-11-17-16(18(3)4)19(5)6;/h8-10,13H,7,11-12H2,1-6H3;1H. The van der Waals surface area contributed by atoms with Crippen LogP contribution in [0, 0.1) is 6.92 Å². The average Bonchev–Trinajstić information content (AvgIpc) is 2.38. The fraction of sp³-hybridized carbons (Fsp3) is 0.562. The zero-order valence-electron chi connectivity index (χ0n) is 14.1. The van der Waals surface area contributed by atoms with Gasteiger partial charge in [-0.3, -0.25) is 4.99 Å². The molecule has 0 atom stereocenters. The predicted octanol–water partition coefficient (Wildman–Crippen LogP) is 2.92. The second kappa shape index (κ2) is 9.87. The van der Waals surface area contributed by atoms with Gasteiger partial charge < -0.3 is 14.7 Å². The summed E-state index contributed by atoms with van der Waals surface area (Å²) in [6.07, 6.45) is 0. The Balaban J connectivity index is 0.00000400. The van der Waals surface area contributed by atoms with Gasteiger partial charge in [-0.15, -0.1) is 24.0 Å². The third-order valence-corrected chi connectivity index (χ3v) is 3.17. The van der Waals surface area contributed by atoms with E-state index in [2.05, 4.69) is 48.0 Å². The molecule has 0 aromatic heterocycles. The van der Waals surface area contributed by atoms with Gasteiger partial charge in [0.1, 0.15) is 0 Å². The van der Waals surface area contributed by atoms with E-state index in [1.54, 1.807) is 0 Å². The number of anilines is 1. The van der Waals surface area contributed by atoms with Crippen molar-refractivity contribution in [2.45, 2.75) is 13.8 Å². The second-order valence-corrected chi connectivity index (χ2v) is 5.39. The molecule has 21 heavy (non-hydrogen) atoms. The smallest absolute Gasteiger partial charge is 0.195 e. The molecule has 4 nitrogen and oxygen atoms in total. The molecule has 0 fully saturated rings. The van der Waals surface area contributed by atoms with Crippen LogP contribution in [-0.4, -0.2) is 63.6 Å². The van der Waals surface area contributed by atoms with E-state index in [1.807, 2.05) is 38.0 Å². The minimum atomic E-state index is 0. The Hall–Kier alpha value is -0.980. The SMILES string of the molecule is CCN(CCN=C(N(C)C)N(C)C)c1cccc(C)c1.I. The highest BCUT2D eigenvalue weighted by Gasteiger charge is 2.06. The van der Waals surface area contributed by atoms with Gasteiger partial charge in [-0.2, -0.15) is 0 Å². The van der Waals surface area contributed by atoms with Crippen LogP contribution >= 0.6 is 24.0 Å². The zero-order valence-corrected chi connectivity index (χ0v) is 16.5. The van der Waals surface area contributed by atoms with Crippen molar-refractivity contribution < 1.29 is 0 Å². The Morgan fingerprint density at radius 2 is 1.71 bits per heavy atom. The number of guanidine groups is 1. The van der Waals surface area contributed by atoms with Crippen LogP contribution in [0.1, 0.15) is 12.5 Å². The summed E-state index contributed by atoms with van der Waals surface area (Å²) in [5.74, 6) is 1.00. The Morgan fingerprint density at radius 1 is 1.10 bits per heavy atom. The molecule has 0 saturated carbocycles. The molecule has 0 spiro atoms. The van der Waals surface area contributed by atoms with Crippen molar-refractivity contribution in [3.63, 3.8) is 0 Å². The molecule has 0 amide bonds. The van der Waals surface area contributed by atoms with Gasteiger partial charge in [-0.1, -0.05) is 12.1 Å². The molecule has 5 heteroatoms. The molecule has 0 aliphatic carbocycles. The number of aliphatic imine (C=N–C) groups is 1. The zero-order chi connectivity index (χ0) is 15.1. The van der Waals surface area contributed by atoms with E-state index in [1.165, 1.54) is 11.3 Å². The summed E-state index contributed by atoms with van der Waals surface area (Å²) in [6, 6.07) is 8.64. The van der Waals surface area contributed by atoms with E-state index in [0.29, 0.717) is 0 Å². The molecule has 0 bridgehead atoms. The molecular weight excluding hydrogens is 375 g/mol. The minimum Gasteiger partial charge on any atom is -0.370 e. The summed E-state index contributed by atoms with van der Waals surface area (Å²) in [6.45, 7) is 7.05. The number of hydrogen-bond acceptors (Lipinski definition) is 2. The fourth-order valence-corrected chi connectivity index (χ4v) is 2.25. The van der Waals surface area contributed by atoms with Gasteiger partial charge in [0.15, 0.2) is 5.96 Å². The van der Waals surface area contributed by atoms with Crippen molar-refractivity contribution in [1.29, 1.82) is 0 Å². The maximum atomic E-state index is 4.69. The number of likely N-dealkylation sites (N-methyl/N-ethyl adjacent to an activating group) is 1. The summed E-state index contributed by atoms with van der Waals surface area (Å²) in [7, 11) is 8.10. The lowest BCUT2D eigenvalue weighted by molar-refractivity contribution is 0.479. The van der Waals surface area contributed by atoms with Gasteiger partial charge in [-0.25, -0.2) is 0 Å². The van der Waals surface area contributed by atoms with Gasteiger partial charge in [0.05, 0.1) is 6.54 Å². The Morgan fingerprint density at radius 3 is 2.19 bits per heavy atom. The van der Waals surface area contributed by atoms with Crippen molar-refractivity contribution >= 4 is 35.6 Å². The molecule has 1 aromatic rings. The molecule has 1 aromatic carbocycles. The lowest BCUT2D eigenvalue weighted by atomic mass is 10.2. The van der Waals surface area contributed by atoms with Gasteiger partial charge in [0.25, 0.3) is 0 Å². The van der Waals surface area contributed by atoms with Crippen LogP contribution in [0.2, 0.25) is 0 Å². The Kier molecular flexibility index (Phi) is 9.41. The summed E-state index contributed by atoms with van der Waals surface area (Å²) in [5, 5.41) is 0. The summed E-state index contributed by atoms with van der Waals surface area (Å²) < 4.78 is 0. The summed E-state index contributed by atoms with van der Waals surface area (Å²) >= 11 is 0. The van der Waals surface area contributed by atoms with E-state index in [9.17, 15) is 0 Å². The third kappa shape index (κ3) is 6.54. The van der Waals surface area contributed by atoms with Crippen molar-refractivity contribution in [2.75, 3.05) is 52.7 Å². The maximum Gasteiger partial charge on any atom is 0.195 e. The Bertz CT molecular complexity index is 434. The number of halogens is 1. The van der Waals surface area contributed by atoms with E-state index in [0.717, 1.165) is 25.6 Å². The molecule has 0 aliphatic rings. The number of nitrogens with zero attached hydrogens (tertiary/aromatic N) is 4. The highest BCUT2D eigenvalue weighted by atomic mass is 127. The summed E-state index contributed by atoms with van der Waals surface area (Å²) in [5.41, 5.74) is 2.57. The van der Waals surface area contributed by atoms with E-state index in [4.69, 9.17) is 0 Å². The quantitative estimate of drug-likeness (QED) is 0.428. The molecule has 0 saturated heterocycles. The molecule has 120 valence electrons. The van der Waals surface area contributed by atoms with Crippen molar-refractivity contribution in [3.05, 3.63) is 29.8 Å². The van der Waals surface area contributed by atoms with Crippen LogP contribution in [-0.2, 0) is 0 Å². The molecule has 0 unspecified atom stereocenters. The number of aryl methyl sites for hydroxylation is 1. The molecule has 0 aliphatic heterocycles. The van der Waals surface area contributed by atoms with Gasteiger partial charge in [0, 0.05) is 47.0 Å². The van der Waals surface area contributed by atoms with Crippen molar-refractivity contribution in [1.82, 2.24) is 9.80 Å². The molecule has 0 heterocycles. The van der Waals surface area contributed by atoms with Crippen molar-refractivity contribution in [2.24, 2.45) is 4.99 Å². The molecule has 1 rings (SSSR count). The molecular formula is C16H29IN4. The minimum absolute atomic E-state index is 0. The lowest BCUT2D eigenvalue weighted by Gasteiger charge is -2.25. The third-order valence-electron chi connectivity index (χ3n) is 3.17.